The molecule has 6 heteroatoms. The Morgan fingerprint density at radius 3 is 2.59 bits per heavy atom. The minimum Gasteiger partial charge on any atom is -0.392 e. The molecule has 98 valence electrons. The van der Waals surface area contributed by atoms with Gasteiger partial charge in [0, 0.05) is 29.4 Å². The molecule has 0 spiro atoms. The maximum absolute atomic E-state index is 12.0. The van der Waals surface area contributed by atoms with E-state index in [4.69, 9.17) is 18.0 Å². The molecule has 3 N–H and O–H groups in total. The number of nitrogens with one attached hydrogen (secondary N) is 1. The topological polar surface area (TPSA) is 72.2 Å². The summed E-state index contributed by atoms with van der Waals surface area (Å²) in [7, 11) is -0.806. The van der Waals surface area contributed by atoms with Crippen LogP contribution in [0.2, 0.25) is 0 Å². The standard InChI is InChI=1S/C11H20N2O2S2/c1-8-6-11(7-8,9(12)16)10(14)13-4-3-5-17(2)15/h8H,3-7H2,1-2H3,(H2,12,16)(H,13,14). The first kappa shape index (κ1) is 14.6. The van der Waals surface area contributed by atoms with Gasteiger partial charge in [0.15, 0.2) is 0 Å². The van der Waals surface area contributed by atoms with Crippen molar-refractivity contribution in [2.75, 3.05) is 18.6 Å². The van der Waals surface area contributed by atoms with Crippen LogP contribution in [0.3, 0.4) is 0 Å². The molecule has 1 saturated carbocycles. The average molecular weight is 276 g/mol. The summed E-state index contributed by atoms with van der Waals surface area (Å²) in [4.78, 5) is 12.3. The van der Waals surface area contributed by atoms with Gasteiger partial charge in [0.2, 0.25) is 5.91 Å². The Labute approximate surface area is 110 Å². The van der Waals surface area contributed by atoms with E-state index in [1.807, 2.05) is 0 Å². The fourth-order valence-corrected chi connectivity index (χ4v) is 3.09. The molecule has 1 atom stereocenters. The van der Waals surface area contributed by atoms with Crippen LogP contribution in [0.5, 0.6) is 0 Å². The number of carbonyl (C=O) groups excluding carboxylic acids is 1. The molecule has 0 radical (unpaired) electrons. The third-order valence-electron chi connectivity index (χ3n) is 3.19. The molecule has 1 aliphatic rings. The summed E-state index contributed by atoms with van der Waals surface area (Å²) in [6.07, 6.45) is 3.87. The van der Waals surface area contributed by atoms with Crippen molar-refractivity contribution < 1.29 is 9.00 Å². The lowest BCUT2D eigenvalue weighted by molar-refractivity contribution is -0.132. The number of rotatable bonds is 6. The Morgan fingerprint density at radius 1 is 1.59 bits per heavy atom. The molecule has 0 aromatic carbocycles. The van der Waals surface area contributed by atoms with Crippen LogP contribution in [0.15, 0.2) is 0 Å². The molecule has 1 unspecified atom stereocenters. The highest BCUT2D eigenvalue weighted by atomic mass is 32.2. The smallest absolute Gasteiger partial charge is 0.233 e. The molecule has 1 fully saturated rings. The number of carbonyl (C=O) groups is 1. The molecule has 4 nitrogen and oxygen atoms in total. The first-order valence-electron chi connectivity index (χ1n) is 5.77. The van der Waals surface area contributed by atoms with Gasteiger partial charge in [-0.3, -0.25) is 9.00 Å². The average Bonchev–Trinajstić information content (AvgIpc) is 2.18. The lowest BCUT2D eigenvalue weighted by Crippen LogP contribution is -2.56. The monoisotopic (exact) mass is 276 g/mol. The fraction of sp³-hybridized carbons (Fsp3) is 0.818. The van der Waals surface area contributed by atoms with E-state index in [1.165, 1.54) is 0 Å². The van der Waals surface area contributed by atoms with E-state index < -0.39 is 16.2 Å². The number of nitrogens with two attached hydrogens (primary N) is 1. The predicted octanol–water partition coefficient (Wildman–Crippen LogP) is 0.574. The molecule has 17 heavy (non-hydrogen) atoms. The summed E-state index contributed by atoms with van der Waals surface area (Å²) in [6, 6.07) is 0. The predicted molar refractivity (Wildman–Crippen MR) is 74.2 cm³/mol. The van der Waals surface area contributed by atoms with Gasteiger partial charge in [-0.05, 0) is 25.2 Å². The van der Waals surface area contributed by atoms with Crippen LogP contribution in [0, 0.1) is 11.3 Å². The zero-order valence-corrected chi connectivity index (χ0v) is 12.0. The van der Waals surface area contributed by atoms with Gasteiger partial charge in [-0.2, -0.15) is 0 Å². The Balaban J connectivity index is 2.40. The summed E-state index contributed by atoms with van der Waals surface area (Å²) in [5, 5.41) is 2.84. The van der Waals surface area contributed by atoms with Crippen molar-refractivity contribution in [3.63, 3.8) is 0 Å². The molecule has 1 amide bonds. The Bertz CT molecular complexity index is 338. The summed E-state index contributed by atoms with van der Waals surface area (Å²) in [5.41, 5.74) is 5.05. The van der Waals surface area contributed by atoms with E-state index in [2.05, 4.69) is 12.2 Å². The van der Waals surface area contributed by atoms with Crippen LogP contribution in [-0.2, 0) is 15.6 Å². The molecule has 0 bridgehead atoms. The summed E-state index contributed by atoms with van der Waals surface area (Å²) >= 11 is 5.00. The third-order valence-corrected chi connectivity index (χ3v) is 4.45. The van der Waals surface area contributed by atoms with E-state index in [0.29, 0.717) is 23.2 Å². The van der Waals surface area contributed by atoms with E-state index in [-0.39, 0.29) is 5.91 Å². The molecule has 0 aliphatic heterocycles. The largest absolute Gasteiger partial charge is 0.392 e. The van der Waals surface area contributed by atoms with E-state index in [0.717, 1.165) is 19.3 Å². The number of amides is 1. The summed E-state index contributed by atoms with van der Waals surface area (Å²) in [5.74, 6) is 1.05. The van der Waals surface area contributed by atoms with Crippen molar-refractivity contribution in [2.24, 2.45) is 17.1 Å². The first-order valence-corrected chi connectivity index (χ1v) is 7.90. The lowest BCUT2D eigenvalue weighted by Gasteiger charge is -2.44. The molecule has 0 heterocycles. The minimum absolute atomic E-state index is 0.0648. The van der Waals surface area contributed by atoms with Crippen molar-refractivity contribution in [1.29, 1.82) is 0 Å². The zero-order valence-electron chi connectivity index (χ0n) is 10.3. The van der Waals surface area contributed by atoms with Crippen LogP contribution in [0.1, 0.15) is 26.2 Å². The van der Waals surface area contributed by atoms with Gasteiger partial charge in [-0.25, -0.2) is 0 Å². The molecule has 1 rings (SSSR count). The van der Waals surface area contributed by atoms with Crippen molar-refractivity contribution in [3.05, 3.63) is 0 Å². The van der Waals surface area contributed by atoms with Crippen LogP contribution in [0.4, 0.5) is 0 Å². The second-order valence-corrected chi connectivity index (χ2v) is 6.84. The second-order valence-electron chi connectivity index (χ2n) is 4.85. The van der Waals surface area contributed by atoms with E-state index >= 15 is 0 Å². The quantitative estimate of drug-likeness (QED) is 0.550. The Hall–Kier alpha value is -0.490. The minimum atomic E-state index is -0.806. The van der Waals surface area contributed by atoms with Gasteiger partial charge in [0.1, 0.15) is 0 Å². The van der Waals surface area contributed by atoms with Crippen molar-refractivity contribution in [3.8, 4) is 0 Å². The maximum Gasteiger partial charge on any atom is 0.233 e. The van der Waals surface area contributed by atoms with Gasteiger partial charge in [-0.15, -0.1) is 0 Å². The normalized spacial score (nSPS) is 29.2. The highest BCUT2D eigenvalue weighted by Gasteiger charge is 2.50. The molecule has 0 aromatic rings. The van der Waals surface area contributed by atoms with Crippen molar-refractivity contribution in [2.45, 2.75) is 26.2 Å². The maximum atomic E-state index is 12.0. The Kier molecular flexibility index (Phi) is 5.06. The molecule has 1 aliphatic carbocycles. The van der Waals surface area contributed by atoms with Crippen LogP contribution < -0.4 is 11.1 Å². The summed E-state index contributed by atoms with van der Waals surface area (Å²) < 4.78 is 10.9. The fourth-order valence-electron chi connectivity index (χ4n) is 2.27. The summed E-state index contributed by atoms with van der Waals surface area (Å²) in [6.45, 7) is 2.63. The van der Waals surface area contributed by atoms with Crippen LogP contribution in [-0.4, -0.2) is 33.7 Å². The highest BCUT2D eigenvalue weighted by molar-refractivity contribution is 7.84. The highest BCUT2D eigenvalue weighted by Crippen LogP contribution is 2.45. The molecule has 0 aromatic heterocycles. The molecular weight excluding hydrogens is 256 g/mol. The van der Waals surface area contributed by atoms with Gasteiger partial charge in [0.25, 0.3) is 0 Å². The molecule has 0 saturated heterocycles. The zero-order chi connectivity index (χ0) is 13.1. The second kappa shape index (κ2) is 5.91. The SMILES string of the molecule is CC1CC(C(=O)NCCCS(C)=O)(C(N)=S)C1. The first-order chi connectivity index (χ1) is 7.88. The number of hydrogen-bond donors (Lipinski definition) is 2. The van der Waals surface area contributed by atoms with Gasteiger partial charge in [-0.1, -0.05) is 19.1 Å². The number of thiocarbonyl (C=S) groups is 1. The van der Waals surface area contributed by atoms with E-state index in [9.17, 15) is 9.00 Å². The van der Waals surface area contributed by atoms with Crippen molar-refractivity contribution >= 4 is 33.9 Å². The van der Waals surface area contributed by atoms with Gasteiger partial charge in [0.05, 0.1) is 10.4 Å². The molecular formula is C11H20N2O2S2. The lowest BCUT2D eigenvalue weighted by atomic mass is 9.62. The Morgan fingerprint density at radius 2 is 2.18 bits per heavy atom. The van der Waals surface area contributed by atoms with Crippen LogP contribution in [0.25, 0.3) is 0 Å². The van der Waals surface area contributed by atoms with E-state index in [1.54, 1.807) is 6.26 Å². The van der Waals surface area contributed by atoms with Crippen molar-refractivity contribution in [1.82, 2.24) is 5.32 Å². The van der Waals surface area contributed by atoms with Gasteiger partial charge >= 0.3 is 0 Å². The van der Waals surface area contributed by atoms with Gasteiger partial charge < -0.3 is 11.1 Å². The number of hydrogen-bond acceptors (Lipinski definition) is 3. The third kappa shape index (κ3) is 3.48. The van der Waals surface area contributed by atoms with Crippen LogP contribution >= 0.6 is 12.2 Å².